The van der Waals surface area contributed by atoms with Crippen LogP contribution in [0.5, 0.6) is 11.5 Å². The lowest BCUT2D eigenvalue weighted by atomic mass is 10.1. The molecule has 1 atom stereocenters. The summed E-state index contributed by atoms with van der Waals surface area (Å²) in [5.41, 5.74) is 2.36. The SMILES string of the molecule is COc1ccc(NS(=O)(=O)c2ccc3c(c2)C[C@H](C)N3)c(OC)c1. The zero-order chi connectivity index (χ0) is 17.3. The van der Waals surface area contributed by atoms with E-state index in [1.807, 2.05) is 0 Å². The number of hydrogen-bond donors (Lipinski definition) is 2. The molecule has 0 saturated heterocycles. The zero-order valence-electron chi connectivity index (χ0n) is 13.8. The lowest BCUT2D eigenvalue weighted by Crippen LogP contribution is -2.14. The standard InChI is InChI=1S/C17H20N2O4S/c1-11-8-12-9-14(5-7-15(12)18-11)24(20,21)19-16-6-4-13(22-2)10-17(16)23-3/h4-7,9-11,18-19H,8H2,1-3H3/t11-/m0/s1. The second-order valence-corrected chi connectivity index (χ2v) is 7.42. The molecule has 0 bridgehead atoms. The number of anilines is 2. The minimum Gasteiger partial charge on any atom is -0.497 e. The molecule has 24 heavy (non-hydrogen) atoms. The van der Waals surface area contributed by atoms with Crippen LogP contribution in [0, 0.1) is 0 Å². The van der Waals surface area contributed by atoms with Crippen LogP contribution in [0.25, 0.3) is 0 Å². The first-order valence-corrected chi connectivity index (χ1v) is 9.05. The molecule has 0 saturated carbocycles. The number of benzene rings is 2. The molecule has 0 radical (unpaired) electrons. The van der Waals surface area contributed by atoms with Crippen LogP contribution in [0.1, 0.15) is 12.5 Å². The maximum atomic E-state index is 12.7. The average molecular weight is 348 g/mol. The fourth-order valence-electron chi connectivity index (χ4n) is 2.78. The first-order valence-electron chi connectivity index (χ1n) is 7.57. The molecule has 0 aliphatic carbocycles. The van der Waals surface area contributed by atoms with Gasteiger partial charge in [-0.1, -0.05) is 0 Å². The third-order valence-corrected chi connectivity index (χ3v) is 5.33. The van der Waals surface area contributed by atoms with Gasteiger partial charge < -0.3 is 14.8 Å². The Hall–Kier alpha value is -2.41. The zero-order valence-corrected chi connectivity index (χ0v) is 14.6. The van der Waals surface area contributed by atoms with Gasteiger partial charge in [-0.15, -0.1) is 0 Å². The van der Waals surface area contributed by atoms with Gasteiger partial charge in [-0.25, -0.2) is 8.42 Å². The van der Waals surface area contributed by atoms with E-state index in [1.54, 1.807) is 36.4 Å². The van der Waals surface area contributed by atoms with E-state index in [9.17, 15) is 8.42 Å². The van der Waals surface area contributed by atoms with Crippen molar-refractivity contribution in [2.45, 2.75) is 24.3 Å². The molecule has 1 aliphatic heterocycles. The number of hydrogen-bond acceptors (Lipinski definition) is 5. The summed E-state index contributed by atoms with van der Waals surface area (Å²) in [4.78, 5) is 0.232. The van der Waals surface area contributed by atoms with Gasteiger partial charge in [0.15, 0.2) is 0 Å². The lowest BCUT2D eigenvalue weighted by Gasteiger charge is -2.13. The molecule has 0 amide bonds. The third-order valence-electron chi connectivity index (χ3n) is 3.97. The summed E-state index contributed by atoms with van der Waals surface area (Å²) in [6, 6.07) is 10.4. The largest absolute Gasteiger partial charge is 0.497 e. The minimum atomic E-state index is -3.70. The summed E-state index contributed by atoms with van der Waals surface area (Å²) in [6.07, 6.45) is 0.810. The van der Waals surface area contributed by atoms with Crippen molar-refractivity contribution in [3.63, 3.8) is 0 Å². The van der Waals surface area contributed by atoms with Crippen LogP contribution in [-0.2, 0) is 16.4 Å². The Balaban J connectivity index is 1.91. The van der Waals surface area contributed by atoms with E-state index in [0.29, 0.717) is 23.2 Å². The van der Waals surface area contributed by atoms with Gasteiger partial charge in [0.05, 0.1) is 24.8 Å². The molecule has 6 nitrogen and oxygen atoms in total. The number of fused-ring (bicyclic) bond motifs is 1. The topological polar surface area (TPSA) is 76.7 Å². The third kappa shape index (κ3) is 3.12. The summed E-state index contributed by atoms with van der Waals surface area (Å²) < 4.78 is 38.3. The molecule has 1 aliphatic rings. The smallest absolute Gasteiger partial charge is 0.262 e. The van der Waals surface area contributed by atoms with Gasteiger partial charge in [-0.2, -0.15) is 0 Å². The molecule has 3 rings (SSSR count). The van der Waals surface area contributed by atoms with E-state index >= 15 is 0 Å². The van der Waals surface area contributed by atoms with Gasteiger partial charge in [0.25, 0.3) is 10.0 Å². The molecule has 0 aromatic heterocycles. The maximum Gasteiger partial charge on any atom is 0.262 e. The van der Waals surface area contributed by atoms with Crippen molar-refractivity contribution < 1.29 is 17.9 Å². The Labute approximate surface area is 141 Å². The van der Waals surface area contributed by atoms with Gasteiger partial charge in [-0.05, 0) is 49.2 Å². The summed E-state index contributed by atoms with van der Waals surface area (Å²) in [7, 11) is -0.682. The van der Waals surface area contributed by atoms with Crippen LogP contribution in [0.2, 0.25) is 0 Å². The first-order chi connectivity index (χ1) is 11.4. The van der Waals surface area contributed by atoms with Crippen molar-refractivity contribution in [2.24, 2.45) is 0 Å². The van der Waals surface area contributed by atoms with E-state index < -0.39 is 10.0 Å². The predicted molar refractivity (Wildman–Crippen MR) is 93.6 cm³/mol. The Morgan fingerprint density at radius 3 is 2.62 bits per heavy atom. The second kappa shape index (κ2) is 6.24. The molecule has 7 heteroatoms. The number of ether oxygens (including phenoxy) is 2. The highest BCUT2D eigenvalue weighted by Crippen LogP contribution is 2.32. The number of sulfonamides is 1. The summed E-state index contributed by atoms with van der Waals surface area (Å²) in [5.74, 6) is 0.988. The number of nitrogens with one attached hydrogen (secondary N) is 2. The minimum absolute atomic E-state index is 0.232. The van der Waals surface area contributed by atoms with Crippen LogP contribution in [0.15, 0.2) is 41.3 Å². The van der Waals surface area contributed by atoms with Crippen molar-refractivity contribution in [3.8, 4) is 11.5 Å². The van der Waals surface area contributed by atoms with Crippen LogP contribution in [0.4, 0.5) is 11.4 Å². The molecule has 1 heterocycles. The van der Waals surface area contributed by atoms with Crippen molar-refractivity contribution >= 4 is 21.4 Å². The molecule has 0 spiro atoms. The predicted octanol–water partition coefficient (Wildman–Crippen LogP) is 2.86. The second-order valence-electron chi connectivity index (χ2n) is 5.74. The molecule has 0 unspecified atom stereocenters. The van der Waals surface area contributed by atoms with Crippen LogP contribution in [0.3, 0.4) is 0 Å². The molecule has 2 aromatic carbocycles. The van der Waals surface area contributed by atoms with Crippen LogP contribution >= 0.6 is 0 Å². The highest BCUT2D eigenvalue weighted by molar-refractivity contribution is 7.92. The average Bonchev–Trinajstić information content (AvgIpc) is 2.94. The van der Waals surface area contributed by atoms with E-state index in [0.717, 1.165) is 17.7 Å². The van der Waals surface area contributed by atoms with Crippen LogP contribution < -0.4 is 19.5 Å². The highest BCUT2D eigenvalue weighted by atomic mass is 32.2. The van der Waals surface area contributed by atoms with Gasteiger partial charge >= 0.3 is 0 Å². The summed E-state index contributed by atoms with van der Waals surface area (Å²) >= 11 is 0. The quantitative estimate of drug-likeness (QED) is 0.869. The van der Waals surface area contributed by atoms with Gasteiger partial charge in [0.1, 0.15) is 11.5 Å². The summed E-state index contributed by atoms with van der Waals surface area (Å²) in [5, 5.41) is 3.31. The Morgan fingerprint density at radius 2 is 1.92 bits per heavy atom. The van der Waals surface area contributed by atoms with E-state index in [-0.39, 0.29) is 4.90 Å². The van der Waals surface area contributed by atoms with Gasteiger partial charge in [-0.3, -0.25) is 4.72 Å². The monoisotopic (exact) mass is 348 g/mol. The number of methoxy groups -OCH3 is 2. The normalized spacial score (nSPS) is 16.2. The summed E-state index contributed by atoms with van der Waals surface area (Å²) in [6.45, 7) is 2.06. The van der Waals surface area contributed by atoms with Crippen molar-refractivity contribution in [2.75, 3.05) is 24.3 Å². The van der Waals surface area contributed by atoms with Gasteiger partial charge in [0, 0.05) is 17.8 Å². The van der Waals surface area contributed by atoms with Crippen LogP contribution in [-0.4, -0.2) is 28.7 Å². The van der Waals surface area contributed by atoms with Crippen molar-refractivity contribution in [3.05, 3.63) is 42.0 Å². The van der Waals surface area contributed by atoms with E-state index in [1.165, 1.54) is 14.2 Å². The van der Waals surface area contributed by atoms with E-state index in [4.69, 9.17) is 9.47 Å². The highest BCUT2D eigenvalue weighted by Gasteiger charge is 2.22. The maximum absolute atomic E-state index is 12.7. The Morgan fingerprint density at radius 1 is 1.12 bits per heavy atom. The molecule has 2 aromatic rings. The molecule has 0 fully saturated rings. The molecule has 2 N–H and O–H groups in total. The van der Waals surface area contributed by atoms with Gasteiger partial charge in [0.2, 0.25) is 0 Å². The first kappa shape index (κ1) is 16.4. The van der Waals surface area contributed by atoms with Crippen molar-refractivity contribution in [1.29, 1.82) is 0 Å². The fraction of sp³-hybridized carbons (Fsp3) is 0.294. The Bertz CT molecular complexity index is 865. The lowest BCUT2D eigenvalue weighted by molar-refractivity contribution is 0.395. The number of rotatable bonds is 5. The Kier molecular flexibility index (Phi) is 4.28. The fourth-order valence-corrected chi connectivity index (χ4v) is 3.90. The molecule has 128 valence electrons. The molecular formula is C17H20N2O4S. The van der Waals surface area contributed by atoms with E-state index in [2.05, 4.69) is 17.0 Å². The van der Waals surface area contributed by atoms with Crippen molar-refractivity contribution in [1.82, 2.24) is 0 Å². The molecular weight excluding hydrogens is 328 g/mol.